The molecular formula is C21H34N4O2. The highest BCUT2D eigenvalue weighted by atomic mass is 16.5. The minimum Gasteiger partial charge on any atom is -0.471 e. The second-order valence-corrected chi connectivity index (χ2v) is 8.30. The number of carbonyl (C=O) groups is 1. The lowest BCUT2D eigenvalue weighted by Crippen LogP contribution is -2.37. The summed E-state index contributed by atoms with van der Waals surface area (Å²) in [5.74, 6) is 2.74. The second kappa shape index (κ2) is 9.38. The molecule has 6 heteroatoms. The van der Waals surface area contributed by atoms with Crippen molar-refractivity contribution in [2.75, 3.05) is 32.1 Å². The van der Waals surface area contributed by atoms with Crippen LogP contribution in [0.2, 0.25) is 0 Å². The van der Waals surface area contributed by atoms with Crippen molar-refractivity contribution in [1.82, 2.24) is 15.1 Å². The zero-order chi connectivity index (χ0) is 19.2. The standard InChI is InChI=1S/C21H34N4O2/c1-4-5-6-16-7-9-17(10-8-16)21(26)25-14-13-18(15-25)27-20-12-11-19(22-23-20)24(2)3/h11-12,16-18H,4-10,13-15H2,1-3H3. The van der Waals surface area contributed by atoms with Crippen LogP contribution in [0.3, 0.4) is 0 Å². The van der Waals surface area contributed by atoms with E-state index in [2.05, 4.69) is 17.1 Å². The molecule has 0 spiro atoms. The van der Waals surface area contributed by atoms with Crippen LogP contribution < -0.4 is 9.64 Å². The average molecular weight is 375 g/mol. The van der Waals surface area contributed by atoms with Gasteiger partial charge in [-0.3, -0.25) is 4.79 Å². The van der Waals surface area contributed by atoms with Gasteiger partial charge in [0.1, 0.15) is 6.10 Å². The van der Waals surface area contributed by atoms with E-state index in [0.717, 1.165) is 37.5 Å². The lowest BCUT2D eigenvalue weighted by molar-refractivity contribution is -0.136. The van der Waals surface area contributed by atoms with Gasteiger partial charge in [-0.15, -0.1) is 10.2 Å². The summed E-state index contributed by atoms with van der Waals surface area (Å²) in [4.78, 5) is 16.8. The van der Waals surface area contributed by atoms with Crippen LogP contribution in [0.4, 0.5) is 5.82 Å². The molecule has 2 fully saturated rings. The van der Waals surface area contributed by atoms with Gasteiger partial charge in [0.15, 0.2) is 5.82 Å². The Kier molecular flexibility index (Phi) is 6.91. The summed E-state index contributed by atoms with van der Waals surface area (Å²) in [5.41, 5.74) is 0. The monoisotopic (exact) mass is 374 g/mol. The van der Waals surface area contributed by atoms with Crippen molar-refractivity contribution in [3.8, 4) is 5.88 Å². The zero-order valence-electron chi connectivity index (χ0n) is 17.1. The Morgan fingerprint density at radius 1 is 1.19 bits per heavy atom. The minimum absolute atomic E-state index is 0.0225. The predicted molar refractivity (Wildman–Crippen MR) is 107 cm³/mol. The number of amides is 1. The van der Waals surface area contributed by atoms with Crippen LogP contribution in [-0.4, -0.2) is 54.3 Å². The number of hydrogen-bond donors (Lipinski definition) is 0. The van der Waals surface area contributed by atoms with Gasteiger partial charge in [0.2, 0.25) is 11.8 Å². The average Bonchev–Trinajstić information content (AvgIpc) is 3.15. The number of carbonyl (C=O) groups excluding carboxylic acids is 1. The quantitative estimate of drug-likeness (QED) is 0.731. The maximum Gasteiger partial charge on any atom is 0.233 e. The molecule has 1 amide bonds. The molecule has 1 aromatic heterocycles. The molecule has 0 N–H and O–H groups in total. The summed E-state index contributed by atoms with van der Waals surface area (Å²) < 4.78 is 5.95. The third kappa shape index (κ3) is 5.33. The number of hydrogen-bond acceptors (Lipinski definition) is 5. The first kappa shape index (κ1) is 19.9. The third-order valence-corrected chi connectivity index (χ3v) is 5.99. The van der Waals surface area contributed by atoms with Crippen molar-refractivity contribution < 1.29 is 9.53 Å². The number of ether oxygens (including phenoxy) is 1. The Morgan fingerprint density at radius 3 is 2.59 bits per heavy atom. The van der Waals surface area contributed by atoms with E-state index in [4.69, 9.17) is 4.74 Å². The molecular weight excluding hydrogens is 340 g/mol. The minimum atomic E-state index is 0.0225. The highest BCUT2D eigenvalue weighted by Crippen LogP contribution is 2.33. The van der Waals surface area contributed by atoms with Crippen molar-refractivity contribution in [3.63, 3.8) is 0 Å². The fraction of sp³-hybridized carbons (Fsp3) is 0.762. The number of aromatic nitrogens is 2. The van der Waals surface area contributed by atoms with Gasteiger partial charge in [-0.1, -0.05) is 26.2 Å². The van der Waals surface area contributed by atoms with Crippen LogP contribution in [0.1, 0.15) is 58.3 Å². The van der Waals surface area contributed by atoms with E-state index >= 15 is 0 Å². The van der Waals surface area contributed by atoms with Crippen molar-refractivity contribution in [2.24, 2.45) is 11.8 Å². The maximum absolute atomic E-state index is 12.9. The van der Waals surface area contributed by atoms with Gasteiger partial charge >= 0.3 is 0 Å². The Balaban J connectivity index is 1.44. The maximum atomic E-state index is 12.9. The normalized spacial score (nSPS) is 25.4. The Bertz CT molecular complexity index is 597. The smallest absolute Gasteiger partial charge is 0.233 e. The van der Waals surface area contributed by atoms with Crippen LogP contribution in [0.5, 0.6) is 5.88 Å². The van der Waals surface area contributed by atoms with E-state index in [9.17, 15) is 4.79 Å². The zero-order valence-corrected chi connectivity index (χ0v) is 17.1. The highest BCUT2D eigenvalue weighted by molar-refractivity contribution is 5.79. The molecule has 1 aliphatic heterocycles. The molecule has 1 aromatic rings. The van der Waals surface area contributed by atoms with Crippen molar-refractivity contribution >= 4 is 11.7 Å². The topological polar surface area (TPSA) is 58.6 Å². The van der Waals surface area contributed by atoms with Crippen LogP contribution in [0.15, 0.2) is 12.1 Å². The van der Waals surface area contributed by atoms with E-state index < -0.39 is 0 Å². The van der Waals surface area contributed by atoms with E-state index in [1.54, 1.807) is 0 Å². The molecule has 2 heterocycles. The van der Waals surface area contributed by atoms with Gasteiger partial charge < -0.3 is 14.5 Å². The molecule has 1 saturated carbocycles. The molecule has 0 aromatic carbocycles. The first-order valence-corrected chi connectivity index (χ1v) is 10.5. The molecule has 0 bridgehead atoms. The lowest BCUT2D eigenvalue weighted by Gasteiger charge is -2.30. The fourth-order valence-corrected chi connectivity index (χ4v) is 4.26. The number of rotatable bonds is 7. The second-order valence-electron chi connectivity index (χ2n) is 8.30. The van der Waals surface area contributed by atoms with Gasteiger partial charge in [-0.2, -0.15) is 0 Å². The SMILES string of the molecule is CCCCC1CCC(C(=O)N2CCC(Oc3ccc(N(C)C)nn3)C2)CC1. The van der Waals surface area contributed by atoms with Gasteiger partial charge in [0, 0.05) is 39.0 Å². The molecule has 27 heavy (non-hydrogen) atoms. The van der Waals surface area contributed by atoms with Crippen molar-refractivity contribution in [2.45, 2.75) is 64.4 Å². The summed E-state index contributed by atoms with van der Waals surface area (Å²) in [6.45, 7) is 3.72. The Morgan fingerprint density at radius 2 is 1.96 bits per heavy atom. The Labute approximate surface area is 163 Å². The van der Waals surface area contributed by atoms with Crippen LogP contribution in [-0.2, 0) is 4.79 Å². The molecule has 6 nitrogen and oxygen atoms in total. The summed E-state index contributed by atoms with van der Waals surface area (Å²) in [5, 5.41) is 8.29. The van der Waals surface area contributed by atoms with Gasteiger partial charge in [-0.05, 0) is 37.7 Å². The summed E-state index contributed by atoms with van der Waals surface area (Å²) in [7, 11) is 3.87. The largest absolute Gasteiger partial charge is 0.471 e. The van der Waals surface area contributed by atoms with Gasteiger partial charge in [0.25, 0.3) is 0 Å². The number of anilines is 1. The summed E-state index contributed by atoms with van der Waals surface area (Å²) in [6, 6.07) is 3.75. The molecule has 2 aliphatic rings. The molecule has 1 saturated heterocycles. The van der Waals surface area contributed by atoms with Crippen LogP contribution >= 0.6 is 0 Å². The number of nitrogens with zero attached hydrogens (tertiary/aromatic N) is 4. The van der Waals surface area contributed by atoms with E-state index in [-0.39, 0.29) is 12.0 Å². The molecule has 1 unspecified atom stereocenters. The van der Waals surface area contributed by atoms with Gasteiger partial charge in [-0.25, -0.2) is 0 Å². The molecule has 1 atom stereocenters. The van der Waals surface area contributed by atoms with Crippen molar-refractivity contribution in [3.05, 3.63) is 12.1 Å². The molecule has 0 radical (unpaired) electrons. The Hall–Kier alpha value is -1.85. The summed E-state index contributed by atoms with van der Waals surface area (Å²) in [6.07, 6.45) is 9.40. The summed E-state index contributed by atoms with van der Waals surface area (Å²) >= 11 is 0. The number of unbranched alkanes of at least 4 members (excludes halogenated alkanes) is 1. The van der Waals surface area contributed by atoms with E-state index in [0.29, 0.717) is 18.3 Å². The van der Waals surface area contributed by atoms with Gasteiger partial charge in [0.05, 0.1) is 6.54 Å². The highest BCUT2D eigenvalue weighted by Gasteiger charge is 2.34. The predicted octanol–water partition coefficient (Wildman–Crippen LogP) is 3.52. The first-order chi connectivity index (χ1) is 13.1. The van der Waals surface area contributed by atoms with Crippen molar-refractivity contribution in [1.29, 1.82) is 0 Å². The van der Waals surface area contributed by atoms with Crippen LogP contribution in [0, 0.1) is 11.8 Å². The fourth-order valence-electron chi connectivity index (χ4n) is 4.26. The van der Waals surface area contributed by atoms with Crippen LogP contribution in [0.25, 0.3) is 0 Å². The molecule has 3 rings (SSSR count). The lowest BCUT2D eigenvalue weighted by atomic mass is 9.79. The van der Waals surface area contributed by atoms with E-state index in [1.165, 1.54) is 32.1 Å². The number of likely N-dealkylation sites (tertiary alicyclic amines) is 1. The van der Waals surface area contributed by atoms with E-state index in [1.807, 2.05) is 36.0 Å². The molecule has 150 valence electrons. The molecule has 1 aliphatic carbocycles. The third-order valence-electron chi connectivity index (χ3n) is 5.99. The first-order valence-electron chi connectivity index (χ1n) is 10.5.